The highest BCUT2D eigenvalue weighted by atomic mass is 32.2. The Morgan fingerprint density at radius 2 is 2.13 bits per heavy atom. The monoisotopic (exact) mass is 230 g/mol. The van der Waals surface area contributed by atoms with Crippen LogP contribution in [0.15, 0.2) is 18.2 Å². The average molecular weight is 230 g/mol. The molecule has 0 radical (unpaired) electrons. The molecule has 1 rings (SSSR count). The minimum Gasteiger partial charge on any atom is -0.492 e. The minimum atomic E-state index is -3.27. The van der Waals surface area contributed by atoms with Crippen molar-refractivity contribution in [1.82, 2.24) is 0 Å². The minimum absolute atomic E-state index is 0.408. The average Bonchev–Trinajstić information content (AvgIpc) is 2.07. The van der Waals surface area contributed by atoms with E-state index in [0.29, 0.717) is 23.7 Å². The summed E-state index contributed by atoms with van der Waals surface area (Å²) in [7, 11) is -3.27. The molecule has 0 aromatic heterocycles. The maximum absolute atomic E-state index is 10.9. The van der Waals surface area contributed by atoms with Gasteiger partial charge in [0, 0.05) is 0 Å². The maximum atomic E-state index is 10.9. The standard InChI is InChI=1S/C9H14N2O3S/c1-3-14-9-5-4-7(6-8(9)10)11-15(2,12)13/h4-6,11H,3,10H2,1-2H3. The Balaban J connectivity index is 2.91. The fraction of sp³-hybridized carbons (Fsp3) is 0.333. The molecule has 0 atom stereocenters. The summed E-state index contributed by atoms with van der Waals surface area (Å²) in [4.78, 5) is 0. The Kier molecular flexibility index (Phi) is 3.41. The number of rotatable bonds is 4. The highest BCUT2D eigenvalue weighted by molar-refractivity contribution is 7.92. The third-order valence-corrected chi connectivity index (χ3v) is 2.22. The van der Waals surface area contributed by atoms with E-state index in [1.807, 2.05) is 6.92 Å². The molecule has 0 unspecified atom stereocenters. The molecule has 0 saturated heterocycles. The van der Waals surface area contributed by atoms with Crippen LogP contribution in [0.2, 0.25) is 0 Å². The Morgan fingerprint density at radius 1 is 1.47 bits per heavy atom. The van der Waals surface area contributed by atoms with Crippen molar-refractivity contribution in [2.45, 2.75) is 6.92 Å². The number of ether oxygens (including phenoxy) is 1. The van der Waals surface area contributed by atoms with Crippen molar-refractivity contribution in [3.05, 3.63) is 18.2 Å². The van der Waals surface area contributed by atoms with Crippen molar-refractivity contribution >= 4 is 21.4 Å². The van der Waals surface area contributed by atoms with E-state index in [-0.39, 0.29) is 0 Å². The third kappa shape index (κ3) is 3.67. The summed E-state index contributed by atoms with van der Waals surface area (Å²) in [6.45, 7) is 2.37. The summed E-state index contributed by atoms with van der Waals surface area (Å²) < 4.78 is 29.4. The van der Waals surface area contributed by atoms with Gasteiger partial charge in [0.15, 0.2) is 0 Å². The summed E-state index contributed by atoms with van der Waals surface area (Å²) >= 11 is 0. The van der Waals surface area contributed by atoms with Gasteiger partial charge < -0.3 is 10.5 Å². The third-order valence-electron chi connectivity index (χ3n) is 1.61. The van der Waals surface area contributed by atoms with E-state index in [4.69, 9.17) is 10.5 Å². The van der Waals surface area contributed by atoms with Crippen molar-refractivity contribution in [2.24, 2.45) is 0 Å². The number of hydrogen-bond acceptors (Lipinski definition) is 4. The normalized spacial score (nSPS) is 11.1. The molecular weight excluding hydrogens is 216 g/mol. The molecule has 1 aromatic carbocycles. The van der Waals surface area contributed by atoms with Crippen LogP contribution in [0.1, 0.15) is 6.92 Å². The van der Waals surface area contributed by atoms with Crippen molar-refractivity contribution < 1.29 is 13.2 Å². The molecule has 0 amide bonds. The molecule has 0 heterocycles. The number of benzene rings is 1. The van der Waals surface area contributed by atoms with Crippen LogP contribution in [0.25, 0.3) is 0 Å². The lowest BCUT2D eigenvalue weighted by Gasteiger charge is -2.09. The predicted molar refractivity (Wildman–Crippen MR) is 60.5 cm³/mol. The zero-order chi connectivity index (χ0) is 11.5. The Morgan fingerprint density at radius 3 is 2.60 bits per heavy atom. The summed E-state index contributed by atoms with van der Waals surface area (Å²) in [5, 5.41) is 0. The van der Waals surface area contributed by atoms with Crippen molar-refractivity contribution in [3.8, 4) is 5.75 Å². The lowest BCUT2D eigenvalue weighted by atomic mass is 10.2. The van der Waals surface area contributed by atoms with E-state index in [2.05, 4.69) is 4.72 Å². The van der Waals surface area contributed by atoms with Gasteiger partial charge in [0.1, 0.15) is 5.75 Å². The number of nitrogens with one attached hydrogen (secondary N) is 1. The number of nitrogen functional groups attached to an aromatic ring is 1. The molecule has 0 aliphatic carbocycles. The van der Waals surface area contributed by atoms with Crippen LogP contribution >= 0.6 is 0 Å². The molecule has 5 nitrogen and oxygen atoms in total. The van der Waals surface area contributed by atoms with Gasteiger partial charge in [-0.2, -0.15) is 0 Å². The SMILES string of the molecule is CCOc1ccc(NS(C)(=O)=O)cc1N. The van der Waals surface area contributed by atoms with Gasteiger partial charge >= 0.3 is 0 Å². The lowest BCUT2D eigenvalue weighted by molar-refractivity contribution is 0.342. The van der Waals surface area contributed by atoms with Gasteiger partial charge in [-0.25, -0.2) is 8.42 Å². The quantitative estimate of drug-likeness (QED) is 0.757. The lowest BCUT2D eigenvalue weighted by Crippen LogP contribution is -2.09. The fourth-order valence-electron chi connectivity index (χ4n) is 1.11. The molecule has 0 bridgehead atoms. The van der Waals surface area contributed by atoms with Gasteiger partial charge in [-0.15, -0.1) is 0 Å². The number of hydrogen-bond donors (Lipinski definition) is 2. The van der Waals surface area contributed by atoms with Gasteiger partial charge in [0.2, 0.25) is 10.0 Å². The van der Waals surface area contributed by atoms with Crippen LogP contribution < -0.4 is 15.2 Å². The molecule has 15 heavy (non-hydrogen) atoms. The summed E-state index contributed by atoms with van der Waals surface area (Å²) in [5.41, 5.74) is 6.50. The summed E-state index contributed by atoms with van der Waals surface area (Å²) in [6.07, 6.45) is 1.08. The Labute approximate surface area is 89.3 Å². The molecule has 0 aliphatic heterocycles. The first-order valence-electron chi connectivity index (χ1n) is 4.42. The Bertz CT molecular complexity index is 443. The van der Waals surface area contributed by atoms with Gasteiger partial charge in [-0.3, -0.25) is 4.72 Å². The van der Waals surface area contributed by atoms with Gasteiger partial charge in [-0.1, -0.05) is 0 Å². The van der Waals surface area contributed by atoms with Crippen LogP contribution in [-0.4, -0.2) is 21.3 Å². The smallest absolute Gasteiger partial charge is 0.229 e. The zero-order valence-corrected chi connectivity index (χ0v) is 9.47. The zero-order valence-electron chi connectivity index (χ0n) is 8.65. The topological polar surface area (TPSA) is 81.4 Å². The molecule has 0 aliphatic rings. The molecule has 84 valence electrons. The van der Waals surface area contributed by atoms with E-state index in [1.165, 1.54) is 6.07 Å². The first-order chi connectivity index (χ1) is 6.92. The molecular formula is C9H14N2O3S. The van der Waals surface area contributed by atoms with E-state index in [9.17, 15) is 8.42 Å². The summed E-state index contributed by atoms with van der Waals surface area (Å²) in [5.74, 6) is 0.552. The molecule has 6 heteroatoms. The van der Waals surface area contributed by atoms with Crippen LogP contribution in [0.5, 0.6) is 5.75 Å². The van der Waals surface area contributed by atoms with Crippen LogP contribution in [0, 0.1) is 0 Å². The summed E-state index contributed by atoms with van der Waals surface area (Å²) in [6, 6.07) is 4.75. The molecule has 0 saturated carbocycles. The highest BCUT2D eigenvalue weighted by Gasteiger charge is 2.05. The van der Waals surface area contributed by atoms with Crippen LogP contribution in [-0.2, 0) is 10.0 Å². The van der Waals surface area contributed by atoms with Gasteiger partial charge in [0.25, 0.3) is 0 Å². The van der Waals surface area contributed by atoms with Crippen molar-refractivity contribution in [2.75, 3.05) is 23.3 Å². The maximum Gasteiger partial charge on any atom is 0.229 e. The largest absolute Gasteiger partial charge is 0.492 e. The fourth-order valence-corrected chi connectivity index (χ4v) is 1.67. The number of sulfonamides is 1. The molecule has 0 spiro atoms. The van der Waals surface area contributed by atoms with Crippen LogP contribution in [0.4, 0.5) is 11.4 Å². The van der Waals surface area contributed by atoms with Crippen molar-refractivity contribution in [1.29, 1.82) is 0 Å². The highest BCUT2D eigenvalue weighted by Crippen LogP contribution is 2.25. The Hall–Kier alpha value is -1.43. The van der Waals surface area contributed by atoms with Crippen molar-refractivity contribution in [3.63, 3.8) is 0 Å². The second-order valence-corrected chi connectivity index (χ2v) is 4.81. The first kappa shape index (κ1) is 11.6. The predicted octanol–water partition coefficient (Wildman–Crippen LogP) is 1.04. The van der Waals surface area contributed by atoms with E-state index >= 15 is 0 Å². The number of anilines is 2. The molecule has 0 fully saturated rings. The number of nitrogens with two attached hydrogens (primary N) is 1. The van der Waals surface area contributed by atoms with E-state index in [0.717, 1.165) is 6.26 Å². The molecule has 1 aromatic rings. The first-order valence-corrected chi connectivity index (χ1v) is 6.31. The van der Waals surface area contributed by atoms with Gasteiger partial charge in [-0.05, 0) is 25.1 Å². The van der Waals surface area contributed by atoms with E-state index in [1.54, 1.807) is 12.1 Å². The van der Waals surface area contributed by atoms with E-state index < -0.39 is 10.0 Å². The second-order valence-electron chi connectivity index (χ2n) is 3.06. The molecule has 3 N–H and O–H groups in total. The van der Waals surface area contributed by atoms with Crippen LogP contribution in [0.3, 0.4) is 0 Å². The van der Waals surface area contributed by atoms with Gasteiger partial charge in [0.05, 0.1) is 24.2 Å². The second kappa shape index (κ2) is 4.39.